The number of carboxylic acid groups (broad SMARTS) is 1. The van der Waals surface area contributed by atoms with E-state index >= 15 is 0 Å². The first kappa shape index (κ1) is 10.6. The third kappa shape index (κ3) is 2.05. The lowest BCUT2D eigenvalue weighted by atomic mass is 10.0. The van der Waals surface area contributed by atoms with Gasteiger partial charge in [-0.3, -0.25) is 9.59 Å². The molecule has 0 aromatic heterocycles. The van der Waals surface area contributed by atoms with Gasteiger partial charge < -0.3 is 9.84 Å². The molecule has 0 aliphatic heterocycles. The first-order chi connectivity index (χ1) is 5.30. The summed E-state index contributed by atoms with van der Waals surface area (Å²) < 4.78 is 4.37. The highest BCUT2D eigenvalue weighted by Crippen LogP contribution is 2.12. The number of ether oxygens (including phenoxy) is 1. The highest BCUT2D eigenvalue weighted by Gasteiger charge is 2.41. The second kappa shape index (κ2) is 3.34. The maximum absolute atomic E-state index is 10.8. The first-order valence-electron chi connectivity index (χ1n) is 3.24. The van der Waals surface area contributed by atoms with Gasteiger partial charge >= 0.3 is 11.9 Å². The van der Waals surface area contributed by atoms with Crippen molar-refractivity contribution in [3.8, 4) is 0 Å². The molecule has 1 atom stereocenters. The van der Waals surface area contributed by atoms with Crippen LogP contribution in [0, 0.1) is 0 Å². The topological polar surface area (TPSA) is 80.7 Å². The SMILES string of the molecule is CC(=O)OC(C)(C(C)=O)C(=O)O. The van der Waals surface area contributed by atoms with Gasteiger partial charge in [0, 0.05) is 6.92 Å². The zero-order valence-corrected chi connectivity index (χ0v) is 7.08. The van der Waals surface area contributed by atoms with Crippen LogP contribution < -0.4 is 0 Å². The average molecular weight is 174 g/mol. The Labute approximate surface area is 69.3 Å². The molecule has 12 heavy (non-hydrogen) atoms. The molecule has 0 aromatic carbocycles. The summed E-state index contributed by atoms with van der Waals surface area (Å²) in [7, 11) is 0. The molecule has 5 heteroatoms. The smallest absolute Gasteiger partial charge is 0.355 e. The average Bonchev–Trinajstić information content (AvgIpc) is 1.84. The van der Waals surface area contributed by atoms with Crippen LogP contribution in [0.25, 0.3) is 0 Å². The summed E-state index contributed by atoms with van der Waals surface area (Å²) in [5.41, 5.74) is -2.05. The third-order valence-corrected chi connectivity index (χ3v) is 1.43. The lowest BCUT2D eigenvalue weighted by Crippen LogP contribution is -2.46. The van der Waals surface area contributed by atoms with Crippen LogP contribution in [-0.2, 0) is 19.1 Å². The van der Waals surface area contributed by atoms with Gasteiger partial charge in [0.2, 0.25) is 0 Å². The molecule has 0 bridgehead atoms. The van der Waals surface area contributed by atoms with Crippen LogP contribution in [0.2, 0.25) is 0 Å². The monoisotopic (exact) mass is 174 g/mol. The third-order valence-electron chi connectivity index (χ3n) is 1.43. The van der Waals surface area contributed by atoms with Crippen molar-refractivity contribution in [3.63, 3.8) is 0 Å². The molecule has 0 aliphatic carbocycles. The number of Topliss-reactive ketones (excluding diaryl/α,β-unsaturated/α-hetero) is 1. The summed E-state index contributed by atoms with van der Waals surface area (Å²) in [5.74, 6) is -2.98. The number of carbonyl (C=O) groups excluding carboxylic acids is 2. The molecule has 0 amide bonds. The van der Waals surface area contributed by atoms with Crippen molar-refractivity contribution in [3.05, 3.63) is 0 Å². The van der Waals surface area contributed by atoms with Crippen molar-refractivity contribution in [2.24, 2.45) is 0 Å². The van der Waals surface area contributed by atoms with E-state index in [2.05, 4.69) is 4.74 Å². The molecular formula is C7H10O5. The van der Waals surface area contributed by atoms with Crippen LogP contribution >= 0.6 is 0 Å². The van der Waals surface area contributed by atoms with E-state index in [1.807, 2.05) is 0 Å². The number of aliphatic carboxylic acids is 1. The molecule has 0 spiro atoms. The maximum Gasteiger partial charge on any atom is 0.355 e. The van der Waals surface area contributed by atoms with Crippen LogP contribution in [0.5, 0.6) is 0 Å². The van der Waals surface area contributed by atoms with Gasteiger partial charge in [-0.25, -0.2) is 4.79 Å². The fourth-order valence-corrected chi connectivity index (χ4v) is 0.554. The molecule has 68 valence electrons. The zero-order chi connectivity index (χ0) is 9.94. The Morgan fingerprint density at radius 1 is 1.25 bits per heavy atom. The molecule has 0 saturated carbocycles. The van der Waals surface area contributed by atoms with E-state index in [9.17, 15) is 14.4 Å². The molecule has 0 aliphatic rings. The number of esters is 1. The molecule has 0 aromatic rings. The highest BCUT2D eigenvalue weighted by atomic mass is 16.6. The summed E-state index contributed by atoms with van der Waals surface area (Å²) in [6.45, 7) is 3.14. The normalized spacial score (nSPS) is 14.6. The Kier molecular flexibility index (Phi) is 2.95. The summed E-state index contributed by atoms with van der Waals surface area (Å²) in [4.78, 5) is 31.7. The molecular weight excluding hydrogens is 164 g/mol. The van der Waals surface area contributed by atoms with E-state index in [1.165, 1.54) is 0 Å². The molecule has 0 fully saturated rings. The van der Waals surface area contributed by atoms with Gasteiger partial charge in [-0.2, -0.15) is 0 Å². The van der Waals surface area contributed by atoms with E-state index in [-0.39, 0.29) is 0 Å². The Morgan fingerprint density at radius 2 is 1.67 bits per heavy atom. The summed E-state index contributed by atoms with van der Waals surface area (Å²) in [6.07, 6.45) is 0. The standard InChI is InChI=1S/C7H10O5/c1-4(8)7(3,6(10)11)12-5(2)9/h1-3H3,(H,10,11). The predicted molar refractivity (Wildman–Crippen MR) is 38.5 cm³/mol. The Hall–Kier alpha value is -1.39. The molecule has 0 rings (SSSR count). The minimum atomic E-state index is -2.05. The van der Waals surface area contributed by atoms with Crippen molar-refractivity contribution >= 4 is 17.7 Å². The molecule has 0 radical (unpaired) electrons. The van der Waals surface area contributed by atoms with Gasteiger partial charge in [0.05, 0.1) is 0 Å². The lowest BCUT2D eigenvalue weighted by Gasteiger charge is -2.20. The number of carboxylic acids is 1. The Morgan fingerprint density at radius 3 is 1.75 bits per heavy atom. The van der Waals surface area contributed by atoms with Crippen LogP contribution in [0.4, 0.5) is 0 Å². The molecule has 1 unspecified atom stereocenters. The summed E-state index contributed by atoms with van der Waals surface area (Å²) in [5, 5.41) is 8.55. The van der Waals surface area contributed by atoms with E-state index in [4.69, 9.17) is 5.11 Å². The summed E-state index contributed by atoms with van der Waals surface area (Å²) >= 11 is 0. The second-order valence-electron chi connectivity index (χ2n) is 2.49. The van der Waals surface area contributed by atoms with Gasteiger partial charge in [0.15, 0.2) is 5.78 Å². The first-order valence-corrected chi connectivity index (χ1v) is 3.24. The fraction of sp³-hybridized carbons (Fsp3) is 0.571. The van der Waals surface area contributed by atoms with E-state index < -0.39 is 23.3 Å². The van der Waals surface area contributed by atoms with Gasteiger partial charge in [-0.15, -0.1) is 0 Å². The maximum atomic E-state index is 10.8. The summed E-state index contributed by atoms with van der Waals surface area (Å²) in [6, 6.07) is 0. The van der Waals surface area contributed by atoms with E-state index in [1.54, 1.807) is 0 Å². The van der Waals surface area contributed by atoms with Crippen LogP contribution in [0.1, 0.15) is 20.8 Å². The highest BCUT2D eigenvalue weighted by molar-refractivity contribution is 6.06. The number of ketones is 1. The van der Waals surface area contributed by atoms with Gasteiger partial charge in [-0.1, -0.05) is 0 Å². The van der Waals surface area contributed by atoms with Crippen molar-refractivity contribution < 1.29 is 24.2 Å². The van der Waals surface area contributed by atoms with Crippen molar-refractivity contribution in [1.29, 1.82) is 0 Å². The van der Waals surface area contributed by atoms with Crippen LogP contribution in [0.3, 0.4) is 0 Å². The minimum Gasteiger partial charge on any atom is -0.478 e. The number of carbonyl (C=O) groups is 3. The Balaban J connectivity index is 4.75. The van der Waals surface area contributed by atoms with Crippen molar-refractivity contribution in [2.45, 2.75) is 26.4 Å². The van der Waals surface area contributed by atoms with Gasteiger partial charge in [0.1, 0.15) is 0 Å². The predicted octanol–water partition coefficient (Wildman–Crippen LogP) is -0.0182. The second-order valence-corrected chi connectivity index (χ2v) is 2.49. The minimum absolute atomic E-state index is 0.717. The zero-order valence-electron chi connectivity index (χ0n) is 7.08. The number of hydrogen-bond acceptors (Lipinski definition) is 4. The number of hydrogen-bond donors (Lipinski definition) is 1. The van der Waals surface area contributed by atoms with Crippen molar-refractivity contribution in [1.82, 2.24) is 0 Å². The van der Waals surface area contributed by atoms with Crippen LogP contribution in [0.15, 0.2) is 0 Å². The lowest BCUT2D eigenvalue weighted by molar-refractivity contribution is -0.178. The molecule has 0 saturated heterocycles. The molecule has 0 heterocycles. The van der Waals surface area contributed by atoms with Gasteiger partial charge in [-0.05, 0) is 13.8 Å². The van der Waals surface area contributed by atoms with Crippen molar-refractivity contribution in [2.75, 3.05) is 0 Å². The van der Waals surface area contributed by atoms with E-state index in [0.29, 0.717) is 0 Å². The molecule has 1 N–H and O–H groups in total. The van der Waals surface area contributed by atoms with Gasteiger partial charge in [0.25, 0.3) is 5.60 Å². The fourth-order valence-electron chi connectivity index (χ4n) is 0.554. The van der Waals surface area contributed by atoms with Crippen LogP contribution in [-0.4, -0.2) is 28.4 Å². The largest absolute Gasteiger partial charge is 0.478 e. The molecule has 5 nitrogen and oxygen atoms in total. The number of rotatable bonds is 3. The Bertz CT molecular complexity index is 216. The van der Waals surface area contributed by atoms with E-state index in [0.717, 1.165) is 20.8 Å². The quantitative estimate of drug-likeness (QED) is 0.480.